The van der Waals surface area contributed by atoms with Crippen LogP contribution in [-0.4, -0.2) is 44.2 Å². The first-order valence-corrected chi connectivity index (χ1v) is 9.82. The topological polar surface area (TPSA) is 81.5 Å². The third-order valence-corrected chi connectivity index (χ3v) is 6.53. The molecule has 0 unspecified atom stereocenters. The van der Waals surface area contributed by atoms with Gasteiger partial charge in [0, 0.05) is 19.0 Å². The molecule has 132 valence electrons. The predicted molar refractivity (Wildman–Crippen MR) is 96.8 cm³/mol. The summed E-state index contributed by atoms with van der Waals surface area (Å²) < 4.78 is 26.6. The standard InChI is InChI=1S/C16H16ClN3O3S2/c1-19(10-13-5-8-15(17)24-13)16(21)11-20(2)25(22,23)14-6-3-12(9-18)4-7-14/h3-8H,10-11H2,1-2H3. The van der Waals surface area contributed by atoms with E-state index in [9.17, 15) is 13.2 Å². The summed E-state index contributed by atoms with van der Waals surface area (Å²) in [6, 6.07) is 11.1. The van der Waals surface area contributed by atoms with Crippen LogP contribution in [0.1, 0.15) is 10.4 Å². The molecule has 0 fully saturated rings. The minimum Gasteiger partial charge on any atom is -0.339 e. The summed E-state index contributed by atoms with van der Waals surface area (Å²) in [6.07, 6.45) is 0. The summed E-state index contributed by atoms with van der Waals surface area (Å²) >= 11 is 7.24. The molecular formula is C16H16ClN3O3S2. The first-order valence-electron chi connectivity index (χ1n) is 7.18. The van der Waals surface area contributed by atoms with Crippen molar-refractivity contribution >= 4 is 38.9 Å². The van der Waals surface area contributed by atoms with E-state index in [1.807, 2.05) is 12.1 Å². The molecule has 1 amide bonds. The van der Waals surface area contributed by atoms with Crippen LogP contribution in [0.25, 0.3) is 0 Å². The van der Waals surface area contributed by atoms with Gasteiger partial charge in [0.25, 0.3) is 0 Å². The lowest BCUT2D eigenvalue weighted by Gasteiger charge is -2.21. The van der Waals surface area contributed by atoms with Gasteiger partial charge in [0.1, 0.15) is 0 Å². The number of thiophene rings is 1. The fourth-order valence-corrected chi connectivity index (χ4v) is 4.30. The number of nitrogens with zero attached hydrogens (tertiary/aromatic N) is 3. The maximum atomic E-state index is 12.5. The van der Waals surface area contributed by atoms with Crippen molar-refractivity contribution in [3.05, 3.63) is 51.2 Å². The van der Waals surface area contributed by atoms with Gasteiger partial charge in [0.05, 0.1) is 34.0 Å². The molecular weight excluding hydrogens is 382 g/mol. The largest absolute Gasteiger partial charge is 0.339 e. The zero-order valence-corrected chi connectivity index (χ0v) is 16.0. The number of nitriles is 1. The number of hydrogen-bond acceptors (Lipinski definition) is 5. The molecule has 2 aromatic rings. The molecule has 0 atom stereocenters. The van der Waals surface area contributed by atoms with Crippen molar-refractivity contribution < 1.29 is 13.2 Å². The van der Waals surface area contributed by atoms with E-state index in [2.05, 4.69) is 0 Å². The van der Waals surface area contributed by atoms with E-state index in [0.29, 0.717) is 16.4 Å². The molecule has 0 saturated carbocycles. The predicted octanol–water partition coefficient (Wildman–Crippen LogP) is 2.55. The average molecular weight is 398 g/mol. The number of likely N-dealkylation sites (N-methyl/N-ethyl adjacent to an activating group) is 2. The molecule has 1 heterocycles. The molecule has 0 bridgehead atoms. The summed E-state index contributed by atoms with van der Waals surface area (Å²) in [4.78, 5) is 14.7. The second kappa shape index (κ2) is 7.97. The molecule has 0 saturated heterocycles. The van der Waals surface area contributed by atoms with Gasteiger partial charge in [-0.3, -0.25) is 4.79 Å². The first kappa shape index (κ1) is 19.4. The summed E-state index contributed by atoms with van der Waals surface area (Å²) in [6.45, 7) is 0.0823. The van der Waals surface area contributed by atoms with Gasteiger partial charge < -0.3 is 4.90 Å². The number of hydrogen-bond donors (Lipinski definition) is 0. The van der Waals surface area contributed by atoms with E-state index >= 15 is 0 Å². The Balaban J connectivity index is 2.04. The Hall–Kier alpha value is -1.92. The van der Waals surface area contributed by atoms with Crippen molar-refractivity contribution in [3.8, 4) is 6.07 Å². The minimum atomic E-state index is -3.80. The van der Waals surface area contributed by atoms with Crippen LogP contribution in [0.4, 0.5) is 0 Å². The lowest BCUT2D eigenvalue weighted by molar-refractivity contribution is -0.130. The molecule has 25 heavy (non-hydrogen) atoms. The molecule has 1 aromatic heterocycles. The Morgan fingerprint density at radius 2 is 1.84 bits per heavy atom. The molecule has 2 rings (SSSR count). The van der Waals surface area contributed by atoms with Crippen molar-refractivity contribution in [1.29, 1.82) is 5.26 Å². The first-order chi connectivity index (χ1) is 11.7. The van der Waals surface area contributed by atoms with Crippen LogP contribution < -0.4 is 0 Å². The van der Waals surface area contributed by atoms with Gasteiger partial charge >= 0.3 is 0 Å². The van der Waals surface area contributed by atoms with Crippen LogP contribution in [0.3, 0.4) is 0 Å². The number of carbonyl (C=O) groups is 1. The van der Waals surface area contributed by atoms with Crippen molar-refractivity contribution in [2.45, 2.75) is 11.4 Å². The van der Waals surface area contributed by atoms with E-state index in [-0.39, 0.29) is 17.3 Å². The average Bonchev–Trinajstić information content (AvgIpc) is 2.99. The molecule has 0 N–H and O–H groups in total. The highest BCUT2D eigenvalue weighted by molar-refractivity contribution is 7.89. The van der Waals surface area contributed by atoms with Crippen LogP contribution in [-0.2, 0) is 21.4 Å². The Bertz CT molecular complexity index is 901. The Morgan fingerprint density at radius 3 is 2.36 bits per heavy atom. The molecule has 0 spiro atoms. The summed E-state index contributed by atoms with van der Waals surface area (Å²) in [5.41, 5.74) is 0.368. The zero-order chi connectivity index (χ0) is 18.6. The summed E-state index contributed by atoms with van der Waals surface area (Å²) in [5, 5.41) is 8.78. The van der Waals surface area contributed by atoms with Crippen LogP contribution in [0.15, 0.2) is 41.3 Å². The van der Waals surface area contributed by atoms with E-state index in [4.69, 9.17) is 16.9 Å². The van der Waals surface area contributed by atoms with Crippen LogP contribution in [0, 0.1) is 11.3 Å². The summed E-state index contributed by atoms with van der Waals surface area (Å²) in [5.74, 6) is -0.329. The second-order valence-electron chi connectivity index (χ2n) is 5.35. The Kier molecular flexibility index (Phi) is 6.19. The van der Waals surface area contributed by atoms with Gasteiger partial charge in [0.15, 0.2) is 0 Å². The van der Waals surface area contributed by atoms with Gasteiger partial charge in [0.2, 0.25) is 15.9 Å². The molecule has 0 aliphatic carbocycles. The smallest absolute Gasteiger partial charge is 0.243 e. The van der Waals surface area contributed by atoms with Gasteiger partial charge in [-0.2, -0.15) is 9.57 Å². The molecule has 6 nitrogen and oxygen atoms in total. The van der Waals surface area contributed by atoms with Gasteiger partial charge in [-0.25, -0.2) is 8.42 Å². The number of benzene rings is 1. The fraction of sp³-hybridized carbons (Fsp3) is 0.250. The number of sulfonamides is 1. The number of rotatable bonds is 6. The monoisotopic (exact) mass is 397 g/mol. The van der Waals surface area contributed by atoms with E-state index in [1.165, 1.54) is 47.5 Å². The van der Waals surface area contributed by atoms with Crippen molar-refractivity contribution in [2.24, 2.45) is 0 Å². The fourth-order valence-electron chi connectivity index (χ4n) is 2.04. The minimum absolute atomic E-state index is 0.0366. The third-order valence-electron chi connectivity index (χ3n) is 3.50. The number of amides is 1. The highest BCUT2D eigenvalue weighted by Crippen LogP contribution is 2.22. The van der Waals surface area contributed by atoms with Crippen molar-refractivity contribution in [3.63, 3.8) is 0 Å². The molecule has 1 aromatic carbocycles. The van der Waals surface area contributed by atoms with E-state index < -0.39 is 10.0 Å². The highest BCUT2D eigenvalue weighted by atomic mass is 35.5. The normalized spacial score (nSPS) is 11.3. The lowest BCUT2D eigenvalue weighted by Crippen LogP contribution is -2.39. The SMILES string of the molecule is CN(Cc1ccc(Cl)s1)C(=O)CN(C)S(=O)(=O)c1ccc(C#N)cc1. The maximum absolute atomic E-state index is 12.5. The number of carbonyl (C=O) groups excluding carboxylic acids is 1. The van der Waals surface area contributed by atoms with E-state index in [0.717, 1.165) is 9.18 Å². The van der Waals surface area contributed by atoms with Crippen LogP contribution >= 0.6 is 22.9 Å². The Labute approximate surface area is 155 Å². The van der Waals surface area contributed by atoms with Crippen molar-refractivity contribution in [1.82, 2.24) is 9.21 Å². The highest BCUT2D eigenvalue weighted by Gasteiger charge is 2.24. The molecule has 0 aliphatic heterocycles. The molecule has 0 aliphatic rings. The molecule has 9 heteroatoms. The van der Waals surface area contributed by atoms with Crippen LogP contribution in [0.5, 0.6) is 0 Å². The quantitative estimate of drug-likeness (QED) is 0.750. The maximum Gasteiger partial charge on any atom is 0.243 e. The van der Waals surface area contributed by atoms with Crippen molar-refractivity contribution in [2.75, 3.05) is 20.6 Å². The van der Waals surface area contributed by atoms with Crippen LogP contribution in [0.2, 0.25) is 4.34 Å². The third kappa shape index (κ3) is 4.80. The number of halogens is 1. The van der Waals surface area contributed by atoms with E-state index in [1.54, 1.807) is 13.1 Å². The summed E-state index contributed by atoms with van der Waals surface area (Å²) in [7, 11) is -0.846. The van der Waals surface area contributed by atoms with Gasteiger partial charge in [-0.15, -0.1) is 11.3 Å². The zero-order valence-electron chi connectivity index (χ0n) is 13.6. The van der Waals surface area contributed by atoms with Gasteiger partial charge in [-0.1, -0.05) is 11.6 Å². The Morgan fingerprint density at radius 1 is 1.20 bits per heavy atom. The van der Waals surface area contributed by atoms with Gasteiger partial charge in [-0.05, 0) is 36.4 Å². The molecule has 0 radical (unpaired) electrons. The second-order valence-corrected chi connectivity index (χ2v) is 9.20. The lowest BCUT2D eigenvalue weighted by atomic mass is 10.2.